The molecule has 5 nitrogen and oxygen atoms in total. The summed E-state index contributed by atoms with van der Waals surface area (Å²) < 4.78 is 0. The first-order valence-electron chi connectivity index (χ1n) is 9.12. The number of hydrogen-bond acceptors (Lipinski definition) is 5. The van der Waals surface area contributed by atoms with Gasteiger partial charge in [0.05, 0.1) is 12.0 Å². The van der Waals surface area contributed by atoms with Gasteiger partial charge in [-0.1, -0.05) is 48.5 Å². The van der Waals surface area contributed by atoms with Crippen molar-refractivity contribution in [3.05, 3.63) is 93.7 Å². The highest BCUT2D eigenvalue weighted by molar-refractivity contribution is 8.00. The summed E-state index contributed by atoms with van der Waals surface area (Å²) in [5, 5.41) is 5.90. The number of benzene rings is 2. The Hall–Kier alpha value is -2.90. The van der Waals surface area contributed by atoms with Crippen LogP contribution in [0.4, 0.5) is 0 Å². The molecule has 0 saturated carbocycles. The van der Waals surface area contributed by atoms with E-state index in [1.54, 1.807) is 41.4 Å². The van der Waals surface area contributed by atoms with Crippen LogP contribution in [0.15, 0.2) is 77.2 Å². The Morgan fingerprint density at radius 3 is 2.62 bits per heavy atom. The molecule has 146 valence electrons. The lowest BCUT2D eigenvalue weighted by atomic mass is 10.1. The van der Waals surface area contributed by atoms with E-state index in [-0.39, 0.29) is 17.2 Å². The van der Waals surface area contributed by atoms with Crippen molar-refractivity contribution in [1.29, 1.82) is 0 Å². The van der Waals surface area contributed by atoms with Crippen molar-refractivity contribution >= 4 is 41.1 Å². The fraction of sp³-hybridized carbons (Fsp3) is 0.136. The van der Waals surface area contributed by atoms with Crippen LogP contribution in [-0.2, 0) is 11.3 Å². The van der Waals surface area contributed by atoms with Gasteiger partial charge >= 0.3 is 0 Å². The van der Waals surface area contributed by atoms with Crippen molar-refractivity contribution in [1.82, 2.24) is 10.3 Å². The summed E-state index contributed by atoms with van der Waals surface area (Å²) >= 11 is 3.16. The van der Waals surface area contributed by atoms with Crippen molar-refractivity contribution in [2.45, 2.75) is 11.9 Å². The summed E-state index contributed by atoms with van der Waals surface area (Å²) in [7, 11) is 0. The molecule has 1 aromatic heterocycles. The summed E-state index contributed by atoms with van der Waals surface area (Å²) in [6, 6.07) is 21.2. The van der Waals surface area contributed by atoms with E-state index in [4.69, 9.17) is 0 Å². The van der Waals surface area contributed by atoms with E-state index in [9.17, 15) is 9.59 Å². The van der Waals surface area contributed by atoms with Gasteiger partial charge in [-0.3, -0.25) is 9.59 Å². The SMILES string of the molecule is O=C(N/N=C\c1cccs1)c1ccc([C@@H]2SCC(=O)N2Cc2ccccc2)cc1. The second kappa shape index (κ2) is 9.07. The van der Waals surface area contributed by atoms with E-state index in [1.807, 2.05) is 64.9 Å². The third-order valence-electron chi connectivity index (χ3n) is 4.52. The van der Waals surface area contributed by atoms with E-state index in [1.165, 1.54) is 0 Å². The molecule has 1 saturated heterocycles. The Morgan fingerprint density at radius 1 is 1.10 bits per heavy atom. The Morgan fingerprint density at radius 2 is 1.90 bits per heavy atom. The van der Waals surface area contributed by atoms with Crippen LogP contribution in [0.2, 0.25) is 0 Å². The molecular formula is C22H19N3O2S2. The molecule has 7 heteroatoms. The van der Waals surface area contributed by atoms with Crippen LogP contribution < -0.4 is 5.43 Å². The summed E-state index contributed by atoms with van der Waals surface area (Å²) in [5.74, 6) is 0.339. The normalized spacial score (nSPS) is 16.5. The molecule has 0 unspecified atom stereocenters. The second-order valence-corrected chi connectivity index (χ2v) is 8.55. The Bertz CT molecular complexity index is 1000. The first-order chi connectivity index (χ1) is 14.2. The molecule has 2 heterocycles. The van der Waals surface area contributed by atoms with Crippen LogP contribution in [0.3, 0.4) is 0 Å². The highest BCUT2D eigenvalue weighted by Gasteiger charge is 2.32. The first kappa shape index (κ1) is 19.4. The van der Waals surface area contributed by atoms with Gasteiger partial charge in [0.15, 0.2) is 0 Å². The number of thioether (sulfide) groups is 1. The van der Waals surface area contributed by atoms with E-state index in [2.05, 4.69) is 10.5 Å². The maximum absolute atomic E-state index is 12.4. The minimum atomic E-state index is -0.263. The van der Waals surface area contributed by atoms with Gasteiger partial charge in [-0.2, -0.15) is 5.10 Å². The molecule has 1 aliphatic heterocycles. The Kier molecular flexibility index (Phi) is 6.07. The number of hydrazone groups is 1. The molecule has 1 fully saturated rings. The molecule has 0 spiro atoms. The predicted octanol–water partition coefficient (Wildman–Crippen LogP) is 4.29. The molecular weight excluding hydrogens is 402 g/mol. The Labute approximate surface area is 177 Å². The maximum atomic E-state index is 12.4. The Balaban J connectivity index is 1.42. The van der Waals surface area contributed by atoms with Crippen LogP contribution in [0, 0.1) is 0 Å². The molecule has 1 N–H and O–H groups in total. The van der Waals surface area contributed by atoms with Crippen molar-refractivity contribution < 1.29 is 9.59 Å². The minimum Gasteiger partial charge on any atom is -0.322 e. The second-order valence-electron chi connectivity index (χ2n) is 6.51. The lowest BCUT2D eigenvalue weighted by Gasteiger charge is -2.24. The van der Waals surface area contributed by atoms with E-state index >= 15 is 0 Å². The zero-order valence-electron chi connectivity index (χ0n) is 15.5. The highest BCUT2D eigenvalue weighted by Crippen LogP contribution is 2.39. The topological polar surface area (TPSA) is 61.8 Å². The highest BCUT2D eigenvalue weighted by atomic mass is 32.2. The number of carbonyl (C=O) groups excluding carboxylic acids is 2. The van der Waals surface area contributed by atoms with Crippen LogP contribution in [0.25, 0.3) is 0 Å². The zero-order valence-corrected chi connectivity index (χ0v) is 17.2. The first-order valence-corrected chi connectivity index (χ1v) is 11.1. The molecule has 0 bridgehead atoms. The van der Waals surface area contributed by atoms with Crippen molar-refractivity contribution in [3.8, 4) is 0 Å². The van der Waals surface area contributed by atoms with Gasteiger partial charge in [-0.25, -0.2) is 5.43 Å². The van der Waals surface area contributed by atoms with Gasteiger partial charge < -0.3 is 4.90 Å². The molecule has 2 aromatic carbocycles. The van der Waals surface area contributed by atoms with Gasteiger partial charge in [-0.15, -0.1) is 23.1 Å². The smallest absolute Gasteiger partial charge is 0.271 e. The van der Waals surface area contributed by atoms with E-state index in [0.717, 1.165) is 16.0 Å². The molecule has 4 rings (SSSR count). The van der Waals surface area contributed by atoms with Gasteiger partial charge in [0.1, 0.15) is 5.37 Å². The molecule has 0 radical (unpaired) electrons. The van der Waals surface area contributed by atoms with E-state index in [0.29, 0.717) is 17.9 Å². The summed E-state index contributed by atoms with van der Waals surface area (Å²) in [5.41, 5.74) is 5.19. The number of nitrogens with zero attached hydrogens (tertiary/aromatic N) is 2. The fourth-order valence-electron chi connectivity index (χ4n) is 3.06. The quantitative estimate of drug-likeness (QED) is 0.477. The average molecular weight is 422 g/mol. The third kappa shape index (κ3) is 4.75. The fourth-order valence-corrected chi connectivity index (χ4v) is 4.84. The van der Waals surface area contributed by atoms with Crippen LogP contribution in [0.5, 0.6) is 0 Å². The lowest BCUT2D eigenvalue weighted by molar-refractivity contribution is -0.128. The standard InChI is InChI=1S/C22H19N3O2S2/c26-20-15-29-22(25(20)14-16-5-2-1-3-6-16)18-10-8-17(9-11-18)21(27)24-23-13-19-7-4-12-28-19/h1-13,22H,14-15H2,(H,24,27)/b23-13-/t22-/m0/s1. The number of rotatable bonds is 6. The van der Waals surface area contributed by atoms with Crippen LogP contribution in [0.1, 0.15) is 31.7 Å². The zero-order chi connectivity index (χ0) is 20.1. The van der Waals surface area contributed by atoms with Crippen LogP contribution >= 0.6 is 23.1 Å². The largest absolute Gasteiger partial charge is 0.322 e. The molecule has 29 heavy (non-hydrogen) atoms. The number of nitrogens with one attached hydrogen (secondary N) is 1. The van der Waals surface area contributed by atoms with Crippen molar-refractivity contribution in [2.24, 2.45) is 5.10 Å². The van der Waals surface area contributed by atoms with Crippen LogP contribution in [-0.4, -0.2) is 28.7 Å². The van der Waals surface area contributed by atoms with Gasteiger partial charge in [0.25, 0.3) is 5.91 Å². The summed E-state index contributed by atoms with van der Waals surface area (Å²) in [6.07, 6.45) is 1.62. The number of carbonyl (C=O) groups is 2. The predicted molar refractivity (Wildman–Crippen MR) is 118 cm³/mol. The lowest BCUT2D eigenvalue weighted by Crippen LogP contribution is -2.27. The summed E-state index contributed by atoms with van der Waals surface area (Å²) in [6.45, 7) is 0.580. The van der Waals surface area contributed by atoms with E-state index < -0.39 is 0 Å². The third-order valence-corrected chi connectivity index (χ3v) is 6.59. The minimum absolute atomic E-state index is 0.0448. The maximum Gasteiger partial charge on any atom is 0.271 e. The average Bonchev–Trinajstić information content (AvgIpc) is 3.39. The van der Waals surface area contributed by atoms with Crippen molar-refractivity contribution in [3.63, 3.8) is 0 Å². The number of hydrogen-bond donors (Lipinski definition) is 1. The molecule has 3 aromatic rings. The molecule has 0 aliphatic carbocycles. The molecule has 1 aliphatic rings. The molecule has 2 amide bonds. The van der Waals surface area contributed by atoms with Crippen molar-refractivity contribution in [2.75, 3.05) is 5.75 Å². The van der Waals surface area contributed by atoms with Gasteiger partial charge in [-0.05, 0) is 34.7 Å². The van der Waals surface area contributed by atoms with Gasteiger partial charge in [0, 0.05) is 17.0 Å². The van der Waals surface area contributed by atoms with Gasteiger partial charge in [0.2, 0.25) is 5.91 Å². The number of amides is 2. The molecule has 1 atom stereocenters. The number of thiophene rings is 1. The summed E-state index contributed by atoms with van der Waals surface area (Å²) in [4.78, 5) is 27.5. The monoisotopic (exact) mass is 421 g/mol.